The smallest absolute Gasteiger partial charge is 0.273 e. The number of methoxy groups -OCH3 is 3. The molecule has 1 aliphatic rings. The molecule has 2 heterocycles. The molecule has 4 aromatic rings. The van der Waals surface area contributed by atoms with Crippen molar-refractivity contribution >= 4 is 5.91 Å². The summed E-state index contributed by atoms with van der Waals surface area (Å²) in [5, 5.41) is 7.58. The molecule has 1 unspecified atom stereocenters. The van der Waals surface area contributed by atoms with Crippen LogP contribution in [0.1, 0.15) is 40.1 Å². The van der Waals surface area contributed by atoms with Gasteiger partial charge in [-0.2, -0.15) is 5.10 Å². The molecular weight excluding hydrogens is 482 g/mol. The van der Waals surface area contributed by atoms with Crippen LogP contribution in [0.5, 0.6) is 23.0 Å². The van der Waals surface area contributed by atoms with E-state index in [9.17, 15) is 4.79 Å². The number of rotatable bonds is 10. The van der Waals surface area contributed by atoms with Crippen LogP contribution in [-0.4, -0.2) is 55.5 Å². The molecule has 196 valence electrons. The molecule has 8 heteroatoms. The van der Waals surface area contributed by atoms with Gasteiger partial charge in [-0.05, 0) is 48.7 Å². The summed E-state index contributed by atoms with van der Waals surface area (Å²) in [7, 11) is 4.85. The van der Waals surface area contributed by atoms with Gasteiger partial charge < -0.3 is 23.8 Å². The number of benzene rings is 3. The van der Waals surface area contributed by atoms with Crippen LogP contribution < -0.4 is 18.9 Å². The molecular formula is C30H31N3O5. The number of H-pyrrole nitrogens is 1. The van der Waals surface area contributed by atoms with E-state index < -0.39 is 0 Å². The summed E-state index contributed by atoms with van der Waals surface area (Å²) >= 11 is 0. The third kappa shape index (κ3) is 4.53. The van der Waals surface area contributed by atoms with Gasteiger partial charge in [0.1, 0.15) is 5.69 Å². The second-order valence-electron chi connectivity index (χ2n) is 8.91. The summed E-state index contributed by atoms with van der Waals surface area (Å²) in [5.41, 5.74) is 5.04. The maximum atomic E-state index is 13.7. The van der Waals surface area contributed by atoms with Gasteiger partial charge in [0.15, 0.2) is 23.0 Å². The largest absolute Gasteiger partial charge is 0.493 e. The number of aromatic amines is 1. The van der Waals surface area contributed by atoms with Gasteiger partial charge in [-0.25, -0.2) is 0 Å². The lowest BCUT2D eigenvalue weighted by Crippen LogP contribution is -2.31. The van der Waals surface area contributed by atoms with Crippen LogP contribution in [0, 0.1) is 0 Å². The molecule has 0 radical (unpaired) electrons. The Kier molecular flexibility index (Phi) is 7.22. The summed E-state index contributed by atoms with van der Waals surface area (Å²) in [4.78, 5) is 15.6. The van der Waals surface area contributed by atoms with E-state index in [1.165, 1.54) is 0 Å². The van der Waals surface area contributed by atoms with Gasteiger partial charge in [-0.3, -0.25) is 9.89 Å². The third-order valence-electron chi connectivity index (χ3n) is 6.80. The van der Waals surface area contributed by atoms with Gasteiger partial charge in [0.05, 0.1) is 39.7 Å². The molecule has 5 rings (SSSR count). The first-order valence-corrected chi connectivity index (χ1v) is 12.6. The van der Waals surface area contributed by atoms with E-state index in [1.54, 1.807) is 21.3 Å². The molecule has 0 saturated carbocycles. The number of fused-ring (bicyclic) bond motifs is 1. The number of aromatic nitrogens is 2. The van der Waals surface area contributed by atoms with Crippen molar-refractivity contribution in [2.45, 2.75) is 19.4 Å². The summed E-state index contributed by atoms with van der Waals surface area (Å²) in [6, 6.07) is 21.2. The molecule has 38 heavy (non-hydrogen) atoms. The highest BCUT2D eigenvalue weighted by atomic mass is 16.5. The SMILES string of the molecule is CCOc1ccc(C2c3c(-c4ccccc4)n[nH]c3C(=O)N2CCc2ccc(OC)c(OC)c2)cc1OC. The van der Waals surface area contributed by atoms with Crippen LogP contribution in [0.15, 0.2) is 66.7 Å². The fraction of sp³-hybridized carbons (Fsp3) is 0.267. The standard InChI is InChI=1S/C30H31N3O5/c1-5-38-23-14-12-21(18-25(23)37-4)29-26-27(20-9-7-6-8-10-20)31-32-28(26)30(34)33(29)16-15-19-11-13-22(35-2)24(17-19)36-3/h6-14,17-18,29H,5,15-16H2,1-4H3,(H,31,32). The Morgan fingerprint density at radius 1 is 0.868 bits per heavy atom. The molecule has 0 saturated heterocycles. The second-order valence-corrected chi connectivity index (χ2v) is 8.91. The van der Waals surface area contributed by atoms with Crippen LogP contribution in [0.2, 0.25) is 0 Å². The summed E-state index contributed by atoms with van der Waals surface area (Å²) in [5.74, 6) is 2.52. The quantitative estimate of drug-likeness (QED) is 0.310. The van der Waals surface area contributed by atoms with E-state index in [0.29, 0.717) is 48.3 Å². The zero-order chi connectivity index (χ0) is 26.6. The van der Waals surface area contributed by atoms with Gasteiger partial charge >= 0.3 is 0 Å². The minimum Gasteiger partial charge on any atom is -0.493 e. The molecule has 8 nitrogen and oxygen atoms in total. The highest BCUT2D eigenvalue weighted by Gasteiger charge is 2.42. The third-order valence-corrected chi connectivity index (χ3v) is 6.80. The number of hydrogen-bond donors (Lipinski definition) is 1. The molecule has 0 aliphatic carbocycles. The topological polar surface area (TPSA) is 85.9 Å². The zero-order valence-electron chi connectivity index (χ0n) is 22.0. The van der Waals surface area contributed by atoms with Crippen LogP contribution in [-0.2, 0) is 6.42 Å². The lowest BCUT2D eigenvalue weighted by Gasteiger charge is -2.27. The van der Waals surface area contributed by atoms with Gasteiger partial charge in [0.25, 0.3) is 5.91 Å². The van der Waals surface area contributed by atoms with Gasteiger partial charge in [-0.1, -0.05) is 42.5 Å². The van der Waals surface area contributed by atoms with Gasteiger partial charge in [0, 0.05) is 17.7 Å². The average Bonchev–Trinajstić information content (AvgIpc) is 3.51. The maximum absolute atomic E-state index is 13.7. The summed E-state index contributed by atoms with van der Waals surface area (Å²) in [6.45, 7) is 2.95. The number of carbonyl (C=O) groups is 1. The average molecular weight is 514 g/mol. The number of ether oxygens (including phenoxy) is 4. The minimum atomic E-state index is -0.351. The molecule has 1 aliphatic heterocycles. The number of nitrogens with one attached hydrogen (secondary N) is 1. The molecule has 0 spiro atoms. The van der Waals surface area contributed by atoms with Crippen LogP contribution in [0.4, 0.5) is 0 Å². The van der Waals surface area contributed by atoms with Crippen molar-refractivity contribution in [1.29, 1.82) is 0 Å². The lowest BCUT2D eigenvalue weighted by molar-refractivity contribution is 0.0745. The van der Waals surface area contributed by atoms with Crippen molar-refractivity contribution in [1.82, 2.24) is 15.1 Å². The normalized spacial score (nSPS) is 14.4. The van der Waals surface area contributed by atoms with Crippen molar-refractivity contribution in [2.24, 2.45) is 0 Å². The van der Waals surface area contributed by atoms with E-state index in [0.717, 1.165) is 27.9 Å². The minimum absolute atomic E-state index is 0.0898. The molecule has 1 aromatic heterocycles. The Morgan fingerprint density at radius 2 is 1.58 bits per heavy atom. The van der Waals surface area contributed by atoms with Crippen molar-refractivity contribution in [3.05, 3.63) is 89.1 Å². The first kappa shape index (κ1) is 25.2. The van der Waals surface area contributed by atoms with Crippen LogP contribution >= 0.6 is 0 Å². The Bertz CT molecular complexity index is 1430. The van der Waals surface area contributed by atoms with E-state index in [4.69, 9.17) is 18.9 Å². The van der Waals surface area contributed by atoms with Gasteiger partial charge in [0.2, 0.25) is 0 Å². The van der Waals surface area contributed by atoms with Crippen molar-refractivity contribution < 1.29 is 23.7 Å². The predicted octanol–water partition coefficient (Wildman–Crippen LogP) is 5.29. The first-order valence-electron chi connectivity index (χ1n) is 12.6. The van der Waals surface area contributed by atoms with E-state index in [2.05, 4.69) is 10.2 Å². The van der Waals surface area contributed by atoms with Crippen LogP contribution in [0.3, 0.4) is 0 Å². The van der Waals surface area contributed by atoms with E-state index >= 15 is 0 Å². The molecule has 0 fully saturated rings. The molecule has 0 bridgehead atoms. The molecule has 3 aromatic carbocycles. The second kappa shape index (κ2) is 10.9. The Hall–Kier alpha value is -4.46. The predicted molar refractivity (Wildman–Crippen MR) is 144 cm³/mol. The monoisotopic (exact) mass is 513 g/mol. The fourth-order valence-electron chi connectivity index (χ4n) is 5.00. The molecule has 1 N–H and O–H groups in total. The van der Waals surface area contributed by atoms with Crippen molar-refractivity contribution in [2.75, 3.05) is 34.5 Å². The number of hydrogen-bond acceptors (Lipinski definition) is 6. The maximum Gasteiger partial charge on any atom is 0.273 e. The molecule has 1 atom stereocenters. The van der Waals surface area contributed by atoms with Gasteiger partial charge in [-0.15, -0.1) is 0 Å². The van der Waals surface area contributed by atoms with Crippen molar-refractivity contribution in [3.63, 3.8) is 0 Å². The van der Waals surface area contributed by atoms with Crippen LogP contribution in [0.25, 0.3) is 11.3 Å². The van der Waals surface area contributed by atoms with Crippen molar-refractivity contribution in [3.8, 4) is 34.3 Å². The Balaban J connectivity index is 1.55. The van der Waals surface area contributed by atoms with E-state index in [-0.39, 0.29) is 11.9 Å². The lowest BCUT2D eigenvalue weighted by atomic mass is 9.95. The Morgan fingerprint density at radius 3 is 2.29 bits per heavy atom. The Labute approximate surface area is 222 Å². The number of carbonyl (C=O) groups excluding carboxylic acids is 1. The fourth-order valence-corrected chi connectivity index (χ4v) is 5.00. The first-order chi connectivity index (χ1) is 18.6. The zero-order valence-corrected chi connectivity index (χ0v) is 22.0. The number of nitrogens with zero attached hydrogens (tertiary/aromatic N) is 2. The molecule has 1 amide bonds. The number of amides is 1. The highest BCUT2D eigenvalue weighted by molar-refractivity contribution is 6.00. The summed E-state index contributed by atoms with van der Waals surface area (Å²) in [6.07, 6.45) is 0.634. The summed E-state index contributed by atoms with van der Waals surface area (Å²) < 4.78 is 22.2. The highest BCUT2D eigenvalue weighted by Crippen LogP contribution is 2.44. The van der Waals surface area contributed by atoms with E-state index in [1.807, 2.05) is 78.6 Å².